The van der Waals surface area contributed by atoms with E-state index < -0.39 is 0 Å². The van der Waals surface area contributed by atoms with Crippen LogP contribution in [0.5, 0.6) is 0 Å². The van der Waals surface area contributed by atoms with Gasteiger partial charge in [0.1, 0.15) is 0 Å². The van der Waals surface area contributed by atoms with Crippen molar-refractivity contribution >= 4 is 11.6 Å². The summed E-state index contributed by atoms with van der Waals surface area (Å²) in [5.41, 5.74) is 3.95. The molecule has 3 nitrogen and oxygen atoms in total. The van der Waals surface area contributed by atoms with E-state index >= 15 is 0 Å². The van der Waals surface area contributed by atoms with Crippen LogP contribution >= 0.6 is 0 Å². The van der Waals surface area contributed by atoms with Crippen LogP contribution in [0, 0.1) is 0 Å². The number of benzene rings is 1. The van der Waals surface area contributed by atoms with Gasteiger partial charge in [-0.15, -0.1) is 0 Å². The van der Waals surface area contributed by atoms with Gasteiger partial charge in [-0.05, 0) is 42.9 Å². The number of aryl methyl sites for hydroxylation is 1. The summed E-state index contributed by atoms with van der Waals surface area (Å²) < 4.78 is 0. The van der Waals surface area contributed by atoms with Gasteiger partial charge in [0.05, 0.1) is 0 Å². The predicted molar refractivity (Wildman–Crippen MR) is 72.8 cm³/mol. The minimum Gasteiger partial charge on any atom is -0.384 e. The molecule has 2 aliphatic heterocycles. The molecule has 0 unspecified atom stereocenters. The number of amides is 1. The number of fused-ring (bicyclic) bond motifs is 1. The third kappa shape index (κ3) is 2.35. The Hall–Kier alpha value is -1.51. The molecule has 0 bridgehead atoms. The summed E-state index contributed by atoms with van der Waals surface area (Å²) in [6.07, 6.45) is 4.99. The third-order valence-corrected chi connectivity index (χ3v) is 3.97. The third-order valence-electron chi connectivity index (χ3n) is 3.97. The van der Waals surface area contributed by atoms with Crippen molar-refractivity contribution in [1.29, 1.82) is 0 Å². The maximum absolute atomic E-state index is 12.0. The van der Waals surface area contributed by atoms with Crippen molar-refractivity contribution in [2.45, 2.75) is 32.1 Å². The fourth-order valence-corrected chi connectivity index (χ4v) is 2.87. The highest BCUT2D eigenvalue weighted by atomic mass is 16.2. The van der Waals surface area contributed by atoms with Gasteiger partial charge in [-0.3, -0.25) is 4.79 Å². The van der Waals surface area contributed by atoms with Crippen LogP contribution in [0.4, 0.5) is 5.69 Å². The van der Waals surface area contributed by atoms with E-state index in [1.54, 1.807) is 0 Å². The fraction of sp³-hybridized carbons (Fsp3) is 0.533. The van der Waals surface area contributed by atoms with Crippen LogP contribution in [-0.2, 0) is 17.6 Å². The molecule has 0 atom stereocenters. The maximum atomic E-state index is 12.0. The molecule has 2 heterocycles. The minimum atomic E-state index is 0.320. The average molecular weight is 244 g/mol. The van der Waals surface area contributed by atoms with Crippen molar-refractivity contribution in [2.24, 2.45) is 0 Å². The van der Waals surface area contributed by atoms with E-state index in [2.05, 4.69) is 23.5 Å². The standard InChI is InChI=1S/C15H20N2O/c18-15(17-9-1-2-10-17)6-4-12-3-5-13-7-8-16-14(13)11-12/h3,5,11,16H,1-2,4,6-10H2. The van der Waals surface area contributed by atoms with Gasteiger partial charge in [0.25, 0.3) is 0 Å². The Bertz CT molecular complexity index is 450. The summed E-state index contributed by atoms with van der Waals surface area (Å²) in [7, 11) is 0. The Balaban J connectivity index is 1.58. The number of nitrogens with zero attached hydrogens (tertiary/aromatic N) is 1. The lowest BCUT2D eigenvalue weighted by atomic mass is 10.1. The monoisotopic (exact) mass is 244 g/mol. The zero-order valence-corrected chi connectivity index (χ0v) is 10.7. The molecule has 1 amide bonds. The molecule has 0 aromatic heterocycles. The molecule has 1 aromatic rings. The van der Waals surface area contributed by atoms with E-state index in [1.807, 2.05) is 4.90 Å². The number of anilines is 1. The summed E-state index contributed by atoms with van der Waals surface area (Å²) in [5, 5.41) is 3.39. The first kappa shape index (κ1) is 11.6. The molecule has 96 valence electrons. The fourth-order valence-electron chi connectivity index (χ4n) is 2.87. The van der Waals surface area contributed by atoms with Crippen molar-refractivity contribution in [1.82, 2.24) is 4.90 Å². The zero-order valence-electron chi connectivity index (χ0n) is 10.7. The van der Waals surface area contributed by atoms with Gasteiger partial charge in [-0.25, -0.2) is 0 Å². The van der Waals surface area contributed by atoms with Gasteiger partial charge >= 0.3 is 0 Å². The molecule has 1 N–H and O–H groups in total. The smallest absolute Gasteiger partial charge is 0.222 e. The molecular weight excluding hydrogens is 224 g/mol. The van der Waals surface area contributed by atoms with Crippen LogP contribution in [0.3, 0.4) is 0 Å². The number of hydrogen-bond donors (Lipinski definition) is 1. The second-order valence-electron chi connectivity index (χ2n) is 5.26. The number of likely N-dealkylation sites (tertiary alicyclic amines) is 1. The number of carbonyl (C=O) groups excluding carboxylic acids is 1. The zero-order chi connectivity index (χ0) is 12.4. The summed E-state index contributed by atoms with van der Waals surface area (Å²) >= 11 is 0. The summed E-state index contributed by atoms with van der Waals surface area (Å²) in [6, 6.07) is 6.58. The Morgan fingerprint density at radius 3 is 2.94 bits per heavy atom. The first-order chi connectivity index (χ1) is 8.83. The van der Waals surface area contributed by atoms with E-state index in [9.17, 15) is 4.79 Å². The largest absolute Gasteiger partial charge is 0.384 e. The highest BCUT2D eigenvalue weighted by Crippen LogP contribution is 2.24. The molecule has 1 aromatic carbocycles. The molecule has 0 aliphatic carbocycles. The first-order valence-corrected chi connectivity index (χ1v) is 6.96. The van der Waals surface area contributed by atoms with E-state index in [4.69, 9.17) is 0 Å². The van der Waals surface area contributed by atoms with Crippen LogP contribution in [0.25, 0.3) is 0 Å². The molecule has 0 radical (unpaired) electrons. The predicted octanol–water partition coefficient (Wildman–Crippen LogP) is 2.21. The van der Waals surface area contributed by atoms with Gasteiger partial charge in [0, 0.05) is 31.7 Å². The Morgan fingerprint density at radius 2 is 2.11 bits per heavy atom. The van der Waals surface area contributed by atoms with Crippen molar-refractivity contribution < 1.29 is 4.79 Å². The van der Waals surface area contributed by atoms with E-state index in [0.717, 1.165) is 32.5 Å². The van der Waals surface area contributed by atoms with E-state index in [1.165, 1.54) is 29.7 Å². The lowest BCUT2D eigenvalue weighted by Crippen LogP contribution is -2.27. The van der Waals surface area contributed by atoms with E-state index in [0.29, 0.717) is 12.3 Å². The molecule has 3 rings (SSSR count). The minimum absolute atomic E-state index is 0.320. The molecule has 1 fully saturated rings. The maximum Gasteiger partial charge on any atom is 0.222 e. The highest BCUT2D eigenvalue weighted by Gasteiger charge is 2.17. The van der Waals surface area contributed by atoms with E-state index in [-0.39, 0.29) is 0 Å². The van der Waals surface area contributed by atoms with Gasteiger partial charge in [-0.1, -0.05) is 12.1 Å². The van der Waals surface area contributed by atoms with Crippen molar-refractivity contribution in [3.05, 3.63) is 29.3 Å². The topological polar surface area (TPSA) is 32.3 Å². The molecular formula is C15H20N2O. The summed E-state index contributed by atoms with van der Waals surface area (Å²) in [4.78, 5) is 14.0. The van der Waals surface area contributed by atoms with Gasteiger partial charge in [-0.2, -0.15) is 0 Å². The second kappa shape index (κ2) is 5.01. The summed E-state index contributed by atoms with van der Waals surface area (Å²) in [6.45, 7) is 2.97. The number of carbonyl (C=O) groups is 1. The molecule has 3 heteroatoms. The second-order valence-corrected chi connectivity index (χ2v) is 5.26. The SMILES string of the molecule is O=C(CCc1ccc2c(c1)NCC2)N1CCCC1. The Kier molecular flexibility index (Phi) is 3.22. The Morgan fingerprint density at radius 1 is 1.28 bits per heavy atom. The van der Waals surface area contributed by atoms with Crippen LogP contribution in [-0.4, -0.2) is 30.4 Å². The van der Waals surface area contributed by atoms with Crippen molar-refractivity contribution in [3.63, 3.8) is 0 Å². The molecule has 18 heavy (non-hydrogen) atoms. The average Bonchev–Trinajstić information content (AvgIpc) is 3.05. The summed E-state index contributed by atoms with van der Waals surface area (Å²) in [5.74, 6) is 0.320. The lowest BCUT2D eigenvalue weighted by molar-refractivity contribution is -0.130. The van der Waals surface area contributed by atoms with Crippen LogP contribution in [0.15, 0.2) is 18.2 Å². The number of hydrogen-bond acceptors (Lipinski definition) is 2. The quantitative estimate of drug-likeness (QED) is 0.884. The molecule has 0 saturated carbocycles. The van der Waals surface area contributed by atoms with Crippen molar-refractivity contribution in [3.8, 4) is 0 Å². The van der Waals surface area contributed by atoms with Crippen LogP contribution < -0.4 is 5.32 Å². The molecule has 0 spiro atoms. The first-order valence-electron chi connectivity index (χ1n) is 6.96. The van der Waals surface area contributed by atoms with Gasteiger partial charge < -0.3 is 10.2 Å². The molecule has 1 saturated heterocycles. The van der Waals surface area contributed by atoms with Crippen LogP contribution in [0.2, 0.25) is 0 Å². The van der Waals surface area contributed by atoms with Crippen LogP contribution in [0.1, 0.15) is 30.4 Å². The van der Waals surface area contributed by atoms with Gasteiger partial charge in [0.15, 0.2) is 0 Å². The molecule has 2 aliphatic rings. The Labute approximate surface area is 108 Å². The highest BCUT2D eigenvalue weighted by molar-refractivity contribution is 5.76. The number of rotatable bonds is 3. The normalized spacial score (nSPS) is 17.7. The number of nitrogens with one attached hydrogen (secondary N) is 1. The van der Waals surface area contributed by atoms with Gasteiger partial charge in [0.2, 0.25) is 5.91 Å². The van der Waals surface area contributed by atoms with Crippen molar-refractivity contribution in [2.75, 3.05) is 25.0 Å². The lowest BCUT2D eigenvalue weighted by Gasteiger charge is -2.15.